The van der Waals surface area contributed by atoms with Crippen molar-refractivity contribution < 1.29 is 24.2 Å². The number of aromatic hydroxyl groups is 1. The minimum absolute atomic E-state index is 0.0675. The zero-order valence-electron chi connectivity index (χ0n) is 15.3. The first-order valence-electron chi connectivity index (χ1n) is 8.29. The van der Waals surface area contributed by atoms with E-state index in [9.17, 15) is 14.7 Å². The molecule has 134 valence electrons. The lowest BCUT2D eigenvalue weighted by Gasteiger charge is -2.20. The molecule has 5 heteroatoms. The standard InChI is InChI=1S/C19H28O5/c1-6-19(4,5)18(22)24-10-9-23-16(20)8-7-15-11-13(2)17(21)14(3)12-15/h11-12,21H,6-10H2,1-5H3. The molecule has 0 aromatic heterocycles. The molecule has 0 aliphatic rings. The smallest absolute Gasteiger partial charge is 0.311 e. The van der Waals surface area contributed by atoms with Crippen LogP contribution in [0.15, 0.2) is 12.1 Å². The van der Waals surface area contributed by atoms with Crippen LogP contribution in [0.2, 0.25) is 0 Å². The maximum atomic E-state index is 11.8. The van der Waals surface area contributed by atoms with E-state index in [1.165, 1.54) is 0 Å². The normalized spacial score (nSPS) is 11.2. The number of hydrogen-bond donors (Lipinski definition) is 1. The molecule has 0 spiro atoms. The van der Waals surface area contributed by atoms with Crippen molar-refractivity contribution in [2.24, 2.45) is 5.41 Å². The van der Waals surface area contributed by atoms with E-state index in [1.54, 1.807) is 0 Å². The fraction of sp³-hybridized carbons (Fsp3) is 0.579. The topological polar surface area (TPSA) is 72.8 Å². The Morgan fingerprint density at radius 1 is 1.08 bits per heavy atom. The van der Waals surface area contributed by atoms with Gasteiger partial charge in [0.1, 0.15) is 19.0 Å². The van der Waals surface area contributed by atoms with Crippen LogP contribution < -0.4 is 0 Å². The molecule has 0 unspecified atom stereocenters. The van der Waals surface area contributed by atoms with E-state index in [0.717, 1.165) is 16.7 Å². The highest BCUT2D eigenvalue weighted by molar-refractivity contribution is 5.75. The fourth-order valence-electron chi connectivity index (χ4n) is 2.14. The number of ether oxygens (including phenoxy) is 2. The maximum Gasteiger partial charge on any atom is 0.311 e. The molecule has 1 rings (SSSR count). The number of aryl methyl sites for hydroxylation is 3. The maximum absolute atomic E-state index is 11.8. The monoisotopic (exact) mass is 336 g/mol. The van der Waals surface area contributed by atoms with Gasteiger partial charge in [-0.3, -0.25) is 9.59 Å². The van der Waals surface area contributed by atoms with E-state index in [0.29, 0.717) is 12.8 Å². The van der Waals surface area contributed by atoms with Crippen molar-refractivity contribution in [1.82, 2.24) is 0 Å². The lowest BCUT2D eigenvalue weighted by Crippen LogP contribution is -2.27. The molecule has 0 radical (unpaired) electrons. The number of hydrogen-bond acceptors (Lipinski definition) is 5. The van der Waals surface area contributed by atoms with Crippen LogP contribution in [0.5, 0.6) is 5.75 Å². The van der Waals surface area contributed by atoms with Crippen molar-refractivity contribution in [3.8, 4) is 5.75 Å². The average molecular weight is 336 g/mol. The molecule has 0 aliphatic carbocycles. The molecule has 0 aliphatic heterocycles. The fourth-order valence-corrected chi connectivity index (χ4v) is 2.14. The minimum atomic E-state index is -0.515. The van der Waals surface area contributed by atoms with Crippen LogP contribution in [-0.2, 0) is 25.5 Å². The Labute approximate surface area is 144 Å². The molecule has 0 atom stereocenters. The van der Waals surface area contributed by atoms with Gasteiger partial charge in [0.2, 0.25) is 0 Å². The summed E-state index contributed by atoms with van der Waals surface area (Å²) >= 11 is 0. The third-order valence-corrected chi connectivity index (χ3v) is 4.18. The molecule has 5 nitrogen and oxygen atoms in total. The largest absolute Gasteiger partial charge is 0.507 e. The van der Waals surface area contributed by atoms with Crippen LogP contribution in [0.25, 0.3) is 0 Å². The van der Waals surface area contributed by atoms with E-state index in [-0.39, 0.29) is 37.3 Å². The van der Waals surface area contributed by atoms with Gasteiger partial charge < -0.3 is 14.6 Å². The van der Waals surface area contributed by atoms with E-state index in [2.05, 4.69) is 0 Å². The average Bonchev–Trinajstić information content (AvgIpc) is 2.54. The number of carbonyl (C=O) groups excluding carboxylic acids is 2. The molecule has 0 amide bonds. The lowest BCUT2D eigenvalue weighted by molar-refractivity contribution is -0.159. The first kappa shape index (κ1) is 20.0. The molecular formula is C19H28O5. The molecule has 24 heavy (non-hydrogen) atoms. The second kappa shape index (κ2) is 8.71. The molecule has 1 aromatic carbocycles. The van der Waals surface area contributed by atoms with Gasteiger partial charge in [-0.2, -0.15) is 0 Å². The lowest BCUT2D eigenvalue weighted by atomic mass is 9.91. The second-order valence-electron chi connectivity index (χ2n) is 6.67. The molecule has 0 bridgehead atoms. The molecular weight excluding hydrogens is 308 g/mol. The summed E-state index contributed by atoms with van der Waals surface area (Å²) in [7, 11) is 0. The van der Waals surface area contributed by atoms with E-state index in [4.69, 9.17) is 9.47 Å². The highest BCUT2D eigenvalue weighted by Gasteiger charge is 2.26. The Hall–Kier alpha value is -2.04. The third kappa shape index (κ3) is 5.87. The summed E-state index contributed by atoms with van der Waals surface area (Å²) in [6.45, 7) is 9.37. The van der Waals surface area contributed by atoms with Gasteiger partial charge in [-0.15, -0.1) is 0 Å². The number of phenolic OH excluding ortho intramolecular Hbond substituents is 1. The van der Waals surface area contributed by atoms with Gasteiger partial charge in [-0.05, 0) is 57.2 Å². The summed E-state index contributed by atoms with van der Waals surface area (Å²) < 4.78 is 10.2. The number of benzene rings is 1. The van der Waals surface area contributed by atoms with Crippen molar-refractivity contribution in [3.63, 3.8) is 0 Å². The number of phenols is 1. The van der Waals surface area contributed by atoms with Crippen LogP contribution in [0.3, 0.4) is 0 Å². The van der Waals surface area contributed by atoms with Crippen molar-refractivity contribution >= 4 is 11.9 Å². The molecule has 0 fully saturated rings. The van der Waals surface area contributed by atoms with Crippen molar-refractivity contribution in [1.29, 1.82) is 0 Å². The van der Waals surface area contributed by atoms with Gasteiger partial charge in [-0.1, -0.05) is 19.1 Å². The molecule has 1 aromatic rings. The van der Waals surface area contributed by atoms with Crippen molar-refractivity contribution in [2.45, 2.75) is 53.9 Å². The van der Waals surface area contributed by atoms with E-state index in [1.807, 2.05) is 46.8 Å². The summed E-state index contributed by atoms with van der Waals surface area (Å²) in [5.74, 6) is -0.321. The Balaban J connectivity index is 2.32. The molecule has 0 saturated carbocycles. The number of rotatable bonds is 8. The Morgan fingerprint density at radius 3 is 2.17 bits per heavy atom. The summed E-state index contributed by atoms with van der Waals surface area (Å²) in [5.41, 5.74) is 2.06. The van der Waals surface area contributed by atoms with Gasteiger partial charge in [-0.25, -0.2) is 0 Å². The predicted molar refractivity (Wildman–Crippen MR) is 91.9 cm³/mol. The summed E-state index contributed by atoms with van der Waals surface area (Å²) in [4.78, 5) is 23.5. The third-order valence-electron chi connectivity index (χ3n) is 4.18. The van der Waals surface area contributed by atoms with Gasteiger partial charge in [0.05, 0.1) is 5.41 Å². The van der Waals surface area contributed by atoms with E-state index < -0.39 is 5.41 Å². The summed E-state index contributed by atoms with van der Waals surface area (Å²) in [5, 5.41) is 9.74. The highest BCUT2D eigenvalue weighted by atomic mass is 16.6. The van der Waals surface area contributed by atoms with Gasteiger partial charge in [0.25, 0.3) is 0 Å². The SMILES string of the molecule is CCC(C)(C)C(=O)OCCOC(=O)CCc1cc(C)c(O)c(C)c1. The van der Waals surface area contributed by atoms with Crippen LogP contribution in [0, 0.1) is 19.3 Å². The molecule has 1 N–H and O–H groups in total. The van der Waals surface area contributed by atoms with Crippen molar-refractivity contribution in [2.75, 3.05) is 13.2 Å². The Bertz CT molecular complexity index is 566. The van der Waals surface area contributed by atoms with Crippen LogP contribution in [0.4, 0.5) is 0 Å². The first-order valence-corrected chi connectivity index (χ1v) is 8.29. The van der Waals surface area contributed by atoms with Gasteiger partial charge in [0.15, 0.2) is 0 Å². The van der Waals surface area contributed by atoms with Crippen molar-refractivity contribution in [3.05, 3.63) is 28.8 Å². The van der Waals surface area contributed by atoms with Crippen LogP contribution >= 0.6 is 0 Å². The van der Waals surface area contributed by atoms with E-state index >= 15 is 0 Å². The first-order chi connectivity index (χ1) is 11.2. The number of esters is 2. The summed E-state index contributed by atoms with van der Waals surface area (Å²) in [6.07, 6.45) is 1.48. The highest BCUT2D eigenvalue weighted by Crippen LogP contribution is 2.23. The second-order valence-corrected chi connectivity index (χ2v) is 6.67. The minimum Gasteiger partial charge on any atom is -0.507 e. The van der Waals surface area contributed by atoms with Crippen LogP contribution in [0.1, 0.15) is 50.3 Å². The number of carbonyl (C=O) groups is 2. The van der Waals surface area contributed by atoms with Gasteiger partial charge in [0, 0.05) is 6.42 Å². The van der Waals surface area contributed by atoms with Crippen LogP contribution in [-0.4, -0.2) is 30.3 Å². The van der Waals surface area contributed by atoms with Gasteiger partial charge >= 0.3 is 11.9 Å². The molecule has 0 heterocycles. The zero-order valence-corrected chi connectivity index (χ0v) is 15.3. The zero-order chi connectivity index (χ0) is 18.3. The Kier molecular flexibility index (Phi) is 7.26. The quantitative estimate of drug-likeness (QED) is 0.581. The predicted octanol–water partition coefficient (Wildman–Crippen LogP) is 3.46. The summed E-state index contributed by atoms with van der Waals surface area (Å²) in [6, 6.07) is 3.73. The molecule has 0 saturated heterocycles. The Morgan fingerprint density at radius 2 is 1.62 bits per heavy atom.